The predicted molar refractivity (Wildman–Crippen MR) is 90.6 cm³/mol. The lowest BCUT2D eigenvalue weighted by Gasteiger charge is -2.43. The summed E-state index contributed by atoms with van der Waals surface area (Å²) in [6, 6.07) is 2.02. The maximum absolute atomic E-state index is 12.8. The molecule has 0 N–H and O–H groups in total. The molecule has 2 fully saturated rings. The average Bonchev–Trinajstić information content (AvgIpc) is 3.10. The first-order valence-corrected chi connectivity index (χ1v) is 9.32. The van der Waals surface area contributed by atoms with Gasteiger partial charge in [0, 0.05) is 24.3 Å². The van der Waals surface area contributed by atoms with Gasteiger partial charge >= 0.3 is 0 Å². The minimum Gasteiger partial charge on any atom is -0.374 e. The van der Waals surface area contributed by atoms with Crippen LogP contribution in [-0.2, 0) is 16.0 Å². The van der Waals surface area contributed by atoms with Crippen molar-refractivity contribution < 1.29 is 9.53 Å². The summed E-state index contributed by atoms with van der Waals surface area (Å²) in [6.07, 6.45) is 8.47. The van der Waals surface area contributed by atoms with Crippen molar-refractivity contribution in [2.45, 2.75) is 44.2 Å². The molecular weight excluding hydrogens is 324 g/mol. The lowest BCUT2D eigenvalue weighted by Crippen LogP contribution is -2.55. The maximum Gasteiger partial charge on any atom is 0.229 e. The molecule has 2 aromatic rings. The Hall–Kier alpha value is -1.86. The zero-order valence-electron chi connectivity index (χ0n) is 13.4. The first kappa shape index (κ1) is 15.7. The number of morpholine rings is 1. The van der Waals surface area contributed by atoms with Gasteiger partial charge in [0.15, 0.2) is 10.8 Å². The Bertz CT molecular complexity index is 704. The summed E-state index contributed by atoms with van der Waals surface area (Å²) in [5, 5.41) is 2.69. The van der Waals surface area contributed by atoms with Crippen LogP contribution in [0.25, 0.3) is 10.8 Å². The van der Waals surface area contributed by atoms with Crippen molar-refractivity contribution in [1.82, 2.24) is 19.9 Å². The molecule has 3 heterocycles. The van der Waals surface area contributed by atoms with Crippen LogP contribution in [0.4, 0.5) is 0 Å². The Balaban J connectivity index is 1.45. The van der Waals surface area contributed by atoms with Crippen molar-refractivity contribution in [3.63, 3.8) is 0 Å². The zero-order chi connectivity index (χ0) is 16.4. The molecule has 2 aromatic heterocycles. The molecule has 0 bridgehead atoms. The first-order chi connectivity index (χ1) is 11.8. The van der Waals surface area contributed by atoms with Crippen LogP contribution in [-0.4, -0.2) is 51.1 Å². The van der Waals surface area contributed by atoms with Crippen molar-refractivity contribution in [1.29, 1.82) is 0 Å². The number of aromatic nitrogens is 3. The lowest BCUT2D eigenvalue weighted by atomic mass is 9.90. The van der Waals surface area contributed by atoms with Gasteiger partial charge in [-0.3, -0.25) is 4.79 Å². The van der Waals surface area contributed by atoms with Gasteiger partial charge < -0.3 is 9.64 Å². The first-order valence-electron chi connectivity index (χ1n) is 8.44. The van der Waals surface area contributed by atoms with Crippen molar-refractivity contribution in [2.24, 2.45) is 0 Å². The topological polar surface area (TPSA) is 68.2 Å². The molecule has 126 valence electrons. The molecule has 24 heavy (non-hydrogen) atoms. The third-order valence-electron chi connectivity index (χ3n) is 4.69. The number of hydrogen-bond acceptors (Lipinski definition) is 6. The Morgan fingerprint density at radius 2 is 2.12 bits per heavy atom. The summed E-state index contributed by atoms with van der Waals surface area (Å²) in [5.41, 5.74) is 0.798. The van der Waals surface area contributed by atoms with Gasteiger partial charge in [-0.15, -0.1) is 11.3 Å². The SMILES string of the molecule is O=C(Cc1csc(-c2ncccn2)n1)N1CCO[C@H]2CCCC[C@H]21. The molecule has 0 spiro atoms. The Labute approximate surface area is 144 Å². The quantitative estimate of drug-likeness (QED) is 0.855. The van der Waals surface area contributed by atoms with Crippen LogP contribution in [0.2, 0.25) is 0 Å². The molecular formula is C17H20N4O2S. The lowest BCUT2D eigenvalue weighted by molar-refractivity contribution is -0.148. The highest BCUT2D eigenvalue weighted by Gasteiger charge is 2.36. The number of hydrogen-bond donors (Lipinski definition) is 0. The molecule has 0 radical (unpaired) electrons. The highest BCUT2D eigenvalue weighted by atomic mass is 32.1. The monoisotopic (exact) mass is 344 g/mol. The molecule has 6 nitrogen and oxygen atoms in total. The van der Waals surface area contributed by atoms with E-state index in [1.54, 1.807) is 18.5 Å². The van der Waals surface area contributed by atoms with Gasteiger partial charge in [-0.05, 0) is 18.9 Å². The molecule has 2 aliphatic rings. The van der Waals surface area contributed by atoms with Crippen molar-refractivity contribution in [3.8, 4) is 10.8 Å². The normalized spacial score (nSPS) is 23.8. The standard InChI is InChI=1S/C17H20N4O2S/c22-15(21-8-9-23-14-5-2-1-4-13(14)21)10-12-11-24-17(20-12)16-18-6-3-7-19-16/h3,6-7,11,13-14H,1-2,4-5,8-10H2/t13-,14+/m1/s1. The fourth-order valence-electron chi connectivity index (χ4n) is 3.56. The van der Waals surface area contributed by atoms with E-state index in [0.29, 0.717) is 25.4 Å². The second-order valence-corrected chi connectivity index (χ2v) is 7.10. The summed E-state index contributed by atoms with van der Waals surface area (Å²) >= 11 is 1.48. The number of rotatable bonds is 3. The van der Waals surface area contributed by atoms with Gasteiger partial charge in [0.25, 0.3) is 0 Å². The number of amides is 1. The van der Waals surface area contributed by atoms with E-state index >= 15 is 0 Å². The van der Waals surface area contributed by atoms with E-state index in [1.165, 1.54) is 24.2 Å². The van der Waals surface area contributed by atoms with E-state index in [9.17, 15) is 4.79 Å². The summed E-state index contributed by atoms with van der Waals surface area (Å²) in [7, 11) is 0. The molecule has 1 saturated heterocycles. The van der Waals surface area contributed by atoms with Gasteiger partial charge in [-0.25, -0.2) is 15.0 Å². The summed E-state index contributed by atoms with van der Waals surface area (Å²) < 4.78 is 5.85. The fourth-order valence-corrected chi connectivity index (χ4v) is 4.33. The van der Waals surface area contributed by atoms with E-state index in [4.69, 9.17) is 4.74 Å². The molecule has 7 heteroatoms. The molecule has 0 unspecified atom stereocenters. The molecule has 1 amide bonds. The third kappa shape index (κ3) is 3.18. The summed E-state index contributed by atoms with van der Waals surface area (Å²) in [6.45, 7) is 1.34. The van der Waals surface area contributed by atoms with Gasteiger partial charge in [0.1, 0.15) is 0 Å². The van der Waals surface area contributed by atoms with Gasteiger partial charge in [-0.2, -0.15) is 0 Å². The number of thiazole rings is 1. The molecule has 1 saturated carbocycles. The smallest absolute Gasteiger partial charge is 0.229 e. The van der Waals surface area contributed by atoms with E-state index < -0.39 is 0 Å². The van der Waals surface area contributed by atoms with Crippen molar-refractivity contribution in [3.05, 3.63) is 29.5 Å². The molecule has 4 rings (SSSR count). The number of fused-ring (bicyclic) bond motifs is 1. The summed E-state index contributed by atoms with van der Waals surface area (Å²) in [4.78, 5) is 27.7. The largest absolute Gasteiger partial charge is 0.374 e. The van der Waals surface area contributed by atoms with Crippen molar-refractivity contribution in [2.75, 3.05) is 13.2 Å². The van der Waals surface area contributed by atoms with E-state index in [-0.39, 0.29) is 18.1 Å². The molecule has 0 aromatic carbocycles. The Morgan fingerprint density at radius 3 is 3.00 bits per heavy atom. The second kappa shape index (κ2) is 6.94. The van der Waals surface area contributed by atoms with Crippen LogP contribution in [0.1, 0.15) is 31.4 Å². The van der Waals surface area contributed by atoms with Crippen molar-refractivity contribution >= 4 is 17.2 Å². The highest BCUT2D eigenvalue weighted by Crippen LogP contribution is 2.29. The minimum atomic E-state index is 0.154. The number of carbonyl (C=O) groups excluding carboxylic acids is 1. The fraction of sp³-hybridized carbons (Fsp3) is 0.529. The summed E-state index contributed by atoms with van der Waals surface area (Å²) in [5.74, 6) is 0.765. The van der Waals surface area contributed by atoms with Crippen LogP contribution in [0.15, 0.2) is 23.8 Å². The van der Waals surface area contributed by atoms with Crippen LogP contribution in [0.5, 0.6) is 0 Å². The van der Waals surface area contributed by atoms with Gasteiger partial charge in [0.05, 0.1) is 30.9 Å². The zero-order valence-corrected chi connectivity index (χ0v) is 14.2. The number of nitrogens with zero attached hydrogens (tertiary/aromatic N) is 4. The van der Waals surface area contributed by atoms with Crippen LogP contribution < -0.4 is 0 Å². The number of carbonyl (C=O) groups is 1. The molecule has 1 aliphatic heterocycles. The number of ether oxygens (including phenoxy) is 1. The minimum absolute atomic E-state index is 0.154. The maximum atomic E-state index is 12.8. The van der Waals surface area contributed by atoms with Crippen LogP contribution >= 0.6 is 11.3 Å². The Kier molecular flexibility index (Phi) is 4.53. The van der Waals surface area contributed by atoms with E-state index in [0.717, 1.165) is 23.5 Å². The highest BCUT2D eigenvalue weighted by molar-refractivity contribution is 7.13. The van der Waals surface area contributed by atoms with E-state index in [1.807, 2.05) is 10.3 Å². The van der Waals surface area contributed by atoms with Gasteiger partial charge in [0.2, 0.25) is 5.91 Å². The van der Waals surface area contributed by atoms with E-state index in [2.05, 4.69) is 15.0 Å². The molecule has 2 atom stereocenters. The molecule has 1 aliphatic carbocycles. The average molecular weight is 344 g/mol. The predicted octanol–water partition coefficient (Wildman–Crippen LogP) is 2.31. The second-order valence-electron chi connectivity index (χ2n) is 6.24. The van der Waals surface area contributed by atoms with Gasteiger partial charge in [-0.1, -0.05) is 12.8 Å². The van der Waals surface area contributed by atoms with Crippen LogP contribution in [0, 0.1) is 0 Å². The third-order valence-corrected chi connectivity index (χ3v) is 5.58. The van der Waals surface area contributed by atoms with Crippen LogP contribution in [0.3, 0.4) is 0 Å². The Morgan fingerprint density at radius 1 is 1.29 bits per heavy atom.